The maximum Gasteiger partial charge on any atom is 0.263 e. The number of anilines is 1. The van der Waals surface area contributed by atoms with Gasteiger partial charge in [-0.15, -0.1) is 0 Å². The molecule has 2 aromatic rings. The molecule has 0 bridgehead atoms. The van der Waals surface area contributed by atoms with Crippen molar-refractivity contribution in [1.82, 2.24) is 9.78 Å². The Bertz CT molecular complexity index is 700. The number of aryl methyl sites for hydroxylation is 1. The van der Waals surface area contributed by atoms with Crippen molar-refractivity contribution in [1.29, 1.82) is 0 Å². The first-order valence-electron chi connectivity index (χ1n) is 7.08. The van der Waals surface area contributed by atoms with Crippen LogP contribution in [0.4, 0.5) is 5.82 Å². The first-order chi connectivity index (χ1) is 10.6. The van der Waals surface area contributed by atoms with Gasteiger partial charge in [-0.3, -0.25) is 9.48 Å². The highest BCUT2D eigenvalue weighted by Crippen LogP contribution is 2.25. The average molecular weight is 356 g/mol. The Hall–Kier alpha value is -1.72. The van der Waals surface area contributed by atoms with E-state index in [0.717, 1.165) is 5.69 Å². The Morgan fingerprint density at radius 2 is 1.83 bits per heavy atom. The molecule has 0 aliphatic carbocycles. The first kappa shape index (κ1) is 17.6. The zero-order chi connectivity index (χ0) is 17.2. The van der Waals surface area contributed by atoms with E-state index >= 15 is 0 Å². The third-order valence-corrected chi connectivity index (χ3v) is 3.56. The number of amides is 1. The molecule has 1 aromatic carbocycles. The van der Waals surface area contributed by atoms with Crippen LogP contribution in [0, 0.1) is 0 Å². The fourth-order valence-corrected chi connectivity index (χ4v) is 2.40. The number of ether oxygens (including phenoxy) is 1. The quantitative estimate of drug-likeness (QED) is 0.900. The van der Waals surface area contributed by atoms with Crippen molar-refractivity contribution in [2.45, 2.75) is 26.2 Å². The molecule has 0 fully saturated rings. The zero-order valence-electron chi connectivity index (χ0n) is 13.5. The lowest BCUT2D eigenvalue weighted by atomic mass is 9.92. The van der Waals surface area contributed by atoms with Crippen molar-refractivity contribution >= 4 is 34.9 Å². The molecule has 0 unspecified atom stereocenters. The predicted molar refractivity (Wildman–Crippen MR) is 92.5 cm³/mol. The van der Waals surface area contributed by atoms with E-state index in [0.29, 0.717) is 21.6 Å². The first-order valence-corrected chi connectivity index (χ1v) is 7.84. The van der Waals surface area contributed by atoms with Crippen LogP contribution in [0.3, 0.4) is 0 Å². The molecule has 5 nitrogen and oxygen atoms in total. The van der Waals surface area contributed by atoms with Crippen LogP contribution in [0.15, 0.2) is 24.3 Å². The molecule has 0 saturated carbocycles. The fraction of sp³-hybridized carbons (Fsp3) is 0.375. The van der Waals surface area contributed by atoms with Gasteiger partial charge in [-0.05, 0) is 18.2 Å². The van der Waals surface area contributed by atoms with Gasteiger partial charge in [0.25, 0.3) is 5.91 Å². The largest absolute Gasteiger partial charge is 0.484 e. The molecule has 1 heterocycles. The van der Waals surface area contributed by atoms with Gasteiger partial charge in [-0.2, -0.15) is 5.10 Å². The van der Waals surface area contributed by atoms with Gasteiger partial charge in [-0.25, -0.2) is 0 Å². The summed E-state index contributed by atoms with van der Waals surface area (Å²) >= 11 is 11.8. The summed E-state index contributed by atoms with van der Waals surface area (Å²) in [6, 6.07) is 6.65. The summed E-state index contributed by atoms with van der Waals surface area (Å²) in [5.41, 5.74) is 0.812. The van der Waals surface area contributed by atoms with E-state index < -0.39 is 0 Å². The molecule has 0 aliphatic rings. The van der Waals surface area contributed by atoms with Crippen molar-refractivity contribution in [2.75, 3.05) is 11.9 Å². The molecule has 7 heteroatoms. The summed E-state index contributed by atoms with van der Waals surface area (Å²) in [5.74, 6) is 0.773. The molecule has 1 aromatic heterocycles. The number of hydrogen-bond donors (Lipinski definition) is 1. The molecule has 2 rings (SSSR count). The summed E-state index contributed by atoms with van der Waals surface area (Å²) in [7, 11) is 1.78. The average Bonchev–Trinajstić information content (AvgIpc) is 2.77. The van der Waals surface area contributed by atoms with E-state index in [2.05, 4.69) is 31.2 Å². The van der Waals surface area contributed by atoms with Crippen LogP contribution < -0.4 is 10.1 Å². The molecular formula is C16H19Cl2N3O2. The number of aromatic nitrogens is 2. The second-order valence-corrected chi connectivity index (χ2v) is 7.10. The van der Waals surface area contributed by atoms with Gasteiger partial charge in [0.15, 0.2) is 6.61 Å². The third kappa shape index (κ3) is 4.88. The van der Waals surface area contributed by atoms with E-state index in [-0.39, 0.29) is 17.9 Å². The predicted octanol–water partition coefficient (Wildman–Crippen LogP) is 4.04. The van der Waals surface area contributed by atoms with Crippen molar-refractivity contribution in [3.63, 3.8) is 0 Å². The Kier molecular flexibility index (Phi) is 5.22. The topological polar surface area (TPSA) is 56.2 Å². The van der Waals surface area contributed by atoms with Crippen molar-refractivity contribution < 1.29 is 9.53 Å². The van der Waals surface area contributed by atoms with E-state index in [1.54, 1.807) is 29.9 Å². The summed E-state index contributed by atoms with van der Waals surface area (Å²) in [4.78, 5) is 12.0. The van der Waals surface area contributed by atoms with Crippen LogP contribution in [-0.4, -0.2) is 22.3 Å². The van der Waals surface area contributed by atoms with E-state index in [9.17, 15) is 4.79 Å². The van der Waals surface area contributed by atoms with E-state index in [1.165, 1.54) is 0 Å². The SMILES string of the molecule is Cn1nc(C(C)(C)C)cc1NC(=O)COc1cc(Cl)cc(Cl)c1. The molecule has 0 saturated heterocycles. The molecule has 0 aliphatic heterocycles. The number of nitrogens with zero attached hydrogens (tertiary/aromatic N) is 2. The van der Waals surface area contributed by atoms with Gasteiger partial charge >= 0.3 is 0 Å². The second kappa shape index (κ2) is 6.81. The maximum absolute atomic E-state index is 12.0. The fourth-order valence-electron chi connectivity index (χ4n) is 1.89. The summed E-state index contributed by atoms with van der Waals surface area (Å²) < 4.78 is 7.04. The van der Waals surface area contributed by atoms with E-state index in [4.69, 9.17) is 27.9 Å². The van der Waals surface area contributed by atoms with Crippen LogP contribution in [0.5, 0.6) is 5.75 Å². The number of hydrogen-bond acceptors (Lipinski definition) is 3. The van der Waals surface area contributed by atoms with Gasteiger partial charge in [0.1, 0.15) is 11.6 Å². The number of carbonyl (C=O) groups is 1. The van der Waals surface area contributed by atoms with Gasteiger partial charge < -0.3 is 10.1 Å². The van der Waals surface area contributed by atoms with Gasteiger partial charge in [-0.1, -0.05) is 44.0 Å². The van der Waals surface area contributed by atoms with Crippen LogP contribution in [0.1, 0.15) is 26.5 Å². The zero-order valence-corrected chi connectivity index (χ0v) is 15.0. The molecule has 124 valence electrons. The van der Waals surface area contributed by atoms with Crippen LogP contribution in [0.25, 0.3) is 0 Å². The minimum Gasteiger partial charge on any atom is -0.484 e. The smallest absolute Gasteiger partial charge is 0.263 e. The monoisotopic (exact) mass is 355 g/mol. The van der Waals surface area contributed by atoms with E-state index in [1.807, 2.05) is 6.07 Å². The lowest BCUT2D eigenvalue weighted by Crippen LogP contribution is -2.21. The Morgan fingerprint density at radius 3 is 2.35 bits per heavy atom. The number of benzene rings is 1. The van der Waals surface area contributed by atoms with Gasteiger partial charge in [0.05, 0.1) is 5.69 Å². The Labute approximate surface area is 145 Å². The molecule has 0 radical (unpaired) electrons. The Balaban J connectivity index is 1.98. The normalized spacial score (nSPS) is 11.4. The molecular weight excluding hydrogens is 337 g/mol. The number of nitrogens with one attached hydrogen (secondary N) is 1. The van der Waals surface area contributed by atoms with Crippen LogP contribution in [0.2, 0.25) is 10.0 Å². The lowest BCUT2D eigenvalue weighted by Gasteiger charge is -2.13. The minimum absolute atomic E-state index is 0.0885. The highest BCUT2D eigenvalue weighted by Gasteiger charge is 2.19. The minimum atomic E-state index is -0.287. The summed E-state index contributed by atoms with van der Waals surface area (Å²) in [5, 5.41) is 8.08. The van der Waals surface area contributed by atoms with Gasteiger partial charge in [0, 0.05) is 28.6 Å². The van der Waals surface area contributed by atoms with Crippen LogP contribution >= 0.6 is 23.2 Å². The summed E-state index contributed by atoms with van der Waals surface area (Å²) in [6.45, 7) is 6.04. The third-order valence-electron chi connectivity index (χ3n) is 3.12. The van der Waals surface area contributed by atoms with Gasteiger partial charge in [0.2, 0.25) is 0 Å². The molecule has 0 atom stereocenters. The molecule has 1 N–H and O–H groups in total. The Morgan fingerprint density at radius 1 is 1.22 bits per heavy atom. The number of halogens is 2. The number of rotatable bonds is 4. The molecule has 0 spiro atoms. The molecule has 1 amide bonds. The standard InChI is InChI=1S/C16H19Cl2N3O2/c1-16(2,3)13-8-14(21(4)20-13)19-15(22)9-23-12-6-10(17)5-11(18)7-12/h5-8H,9H2,1-4H3,(H,19,22). The van der Waals surface area contributed by atoms with Crippen molar-refractivity contribution in [3.05, 3.63) is 40.0 Å². The highest BCUT2D eigenvalue weighted by atomic mass is 35.5. The van der Waals surface area contributed by atoms with Crippen molar-refractivity contribution in [2.24, 2.45) is 7.05 Å². The molecule has 23 heavy (non-hydrogen) atoms. The van der Waals surface area contributed by atoms with Crippen molar-refractivity contribution in [3.8, 4) is 5.75 Å². The van der Waals surface area contributed by atoms with Crippen LogP contribution in [-0.2, 0) is 17.3 Å². The lowest BCUT2D eigenvalue weighted by molar-refractivity contribution is -0.118. The number of carbonyl (C=O) groups excluding carboxylic acids is 1. The second-order valence-electron chi connectivity index (χ2n) is 6.23. The maximum atomic E-state index is 12.0. The highest BCUT2D eigenvalue weighted by molar-refractivity contribution is 6.34. The summed E-state index contributed by atoms with van der Waals surface area (Å²) in [6.07, 6.45) is 0.